The lowest BCUT2D eigenvalue weighted by molar-refractivity contribution is -0.384. The van der Waals surface area contributed by atoms with Crippen LogP contribution in [0.15, 0.2) is 23.1 Å². The minimum atomic E-state index is -3.73. The van der Waals surface area contributed by atoms with E-state index in [0.717, 1.165) is 19.0 Å². The highest BCUT2D eigenvalue weighted by atomic mass is 32.2. The smallest absolute Gasteiger partial charge is 0.293 e. The van der Waals surface area contributed by atoms with E-state index in [9.17, 15) is 18.5 Å². The van der Waals surface area contributed by atoms with Crippen LogP contribution in [0, 0.1) is 10.1 Å². The molecule has 0 aliphatic carbocycles. The van der Waals surface area contributed by atoms with Crippen LogP contribution in [0.5, 0.6) is 0 Å². The van der Waals surface area contributed by atoms with Crippen LogP contribution in [-0.2, 0) is 10.0 Å². The van der Waals surface area contributed by atoms with Crippen molar-refractivity contribution in [2.75, 3.05) is 39.0 Å². The van der Waals surface area contributed by atoms with Crippen molar-refractivity contribution in [3.05, 3.63) is 28.3 Å². The van der Waals surface area contributed by atoms with E-state index in [2.05, 4.69) is 4.90 Å². The predicted octanol–water partition coefficient (Wildman–Crippen LogP) is 0.503. The summed E-state index contributed by atoms with van der Waals surface area (Å²) in [5, 5.41) is 10.9. The molecule has 2 rings (SSSR count). The summed E-state index contributed by atoms with van der Waals surface area (Å²) in [5.41, 5.74) is 5.07. The number of likely N-dealkylation sites (N-methyl/N-ethyl adjacent to an activating group) is 1. The molecule has 0 amide bonds. The van der Waals surface area contributed by atoms with E-state index in [1.165, 1.54) is 16.4 Å². The van der Waals surface area contributed by atoms with Gasteiger partial charge in [-0.3, -0.25) is 10.1 Å². The SMILES string of the molecule is CN1CCCN(S(=O)(=O)c2ccc(N)c([N+](=O)[O-])c2)CC1. The third-order valence-electron chi connectivity index (χ3n) is 3.51. The van der Waals surface area contributed by atoms with Gasteiger partial charge in [-0.15, -0.1) is 0 Å². The monoisotopic (exact) mass is 314 g/mol. The number of sulfonamides is 1. The van der Waals surface area contributed by atoms with Gasteiger partial charge in [0.15, 0.2) is 0 Å². The predicted molar refractivity (Wildman–Crippen MR) is 78.4 cm³/mol. The van der Waals surface area contributed by atoms with Gasteiger partial charge in [0.05, 0.1) is 9.82 Å². The number of rotatable bonds is 3. The molecule has 2 N–H and O–H groups in total. The molecular weight excluding hydrogens is 296 g/mol. The van der Waals surface area contributed by atoms with E-state index in [0.29, 0.717) is 19.6 Å². The first-order valence-electron chi connectivity index (χ1n) is 6.55. The fraction of sp³-hybridized carbons (Fsp3) is 0.500. The Balaban J connectivity index is 2.35. The summed E-state index contributed by atoms with van der Waals surface area (Å²) in [6, 6.07) is 3.60. The Morgan fingerprint density at radius 1 is 1.24 bits per heavy atom. The standard InChI is InChI=1S/C12H18N4O4S/c1-14-5-2-6-15(8-7-14)21(19,20)10-3-4-11(13)12(9-10)16(17)18/h3-4,9H,2,5-8,13H2,1H3. The van der Waals surface area contributed by atoms with Crippen molar-refractivity contribution in [3.8, 4) is 0 Å². The highest BCUT2D eigenvalue weighted by Gasteiger charge is 2.28. The number of nitro groups is 1. The van der Waals surface area contributed by atoms with Gasteiger partial charge in [0.2, 0.25) is 10.0 Å². The first-order valence-corrected chi connectivity index (χ1v) is 7.99. The second-order valence-corrected chi connectivity index (χ2v) is 6.98. The lowest BCUT2D eigenvalue weighted by Gasteiger charge is -2.20. The lowest BCUT2D eigenvalue weighted by atomic mass is 10.3. The van der Waals surface area contributed by atoms with Gasteiger partial charge in [0.1, 0.15) is 5.69 Å². The van der Waals surface area contributed by atoms with Crippen molar-refractivity contribution in [1.29, 1.82) is 0 Å². The van der Waals surface area contributed by atoms with Gasteiger partial charge in [0, 0.05) is 25.7 Å². The Kier molecular flexibility index (Phi) is 4.45. The average Bonchev–Trinajstić information content (AvgIpc) is 2.63. The molecule has 0 atom stereocenters. The van der Waals surface area contributed by atoms with E-state index < -0.39 is 14.9 Å². The molecule has 116 valence electrons. The van der Waals surface area contributed by atoms with Crippen molar-refractivity contribution in [3.63, 3.8) is 0 Å². The number of nitrogens with zero attached hydrogens (tertiary/aromatic N) is 3. The normalized spacial score (nSPS) is 18.3. The second kappa shape index (κ2) is 5.96. The number of hydrogen-bond acceptors (Lipinski definition) is 6. The number of nitrogen functional groups attached to an aromatic ring is 1. The molecule has 8 nitrogen and oxygen atoms in total. The van der Waals surface area contributed by atoms with Crippen LogP contribution in [0.4, 0.5) is 11.4 Å². The molecule has 1 fully saturated rings. The van der Waals surface area contributed by atoms with Gasteiger partial charge in [-0.05, 0) is 32.1 Å². The number of nitro benzene ring substituents is 1. The van der Waals surface area contributed by atoms with Crippen LogP contribution in [0.25, 0.3) is 0 Å². The van der Waals surface area contributed by atoms with Crippen LogP contribution in [0.2, 0.25) is 0 Å². The molecule has 0 radical (unpaired) electrons. The molecular formula is C12H18N4O4S. The van der Waals surface area contributed by atoms with Gasteiger partial charge >= 0.3 is 0 Å². The largest absolute Gasteiger partial charge is 0.393 e. The molecule has 21 heavy (non-hydrogen) atoms. The topological polar surface area (TPSA) is 110 Å². The number of benzene rings is 1. The van der Waals surface area contributed by atoms with Gasteiger partial charge in [-0.25, -0.2) is 8.42 Å². The van der Waals surface area contributed by atoms with E-state index >= 15 is 0 Å². The van der Waals surface area contributed by atoms with Crippen molar-refractivity contribution in [2.24, 2.45) is 0 Å². The van der Waals surface area contributed by atoms with Gasteiger partial charge in [-0.2, -0.15) is 4.31 Å². The highest BCUT2D eigenvalue weighted by molar-refractivity contribution is 7.89. The molecule has 1 aromatic rings. The van der Waals surface area contributed by atoms with Crippen LogP contribution in [-0.4, -0.2) is 55.8 Å². The van der Waals surface area contributed by atoms with Crippen LogP contribution in [0.3, 0.4) is 0 Å². The molecule has 0 bridgehead atoms. The Morgan fingerprint density at radius 3 is 2.62 bits per heavy atom. The summed E-state index contributed by atoms with van der Waals surface area (Å²) in [6.07, 6.45) is 0.729. The summed E-state index contributed by atoms with van der Waals surface area (Å²) in [5.74, 6) is 0. The van der Waals surface area contributed by atoms with E-state index in [4.69, 9.17) is 5.73 Å². The first-order chi connectivity index (χ1) is 9.82. The molecule has 0 saturated carbocycles. The molecule has 1 aromatic carbocycles. The molecule has 0 unspecified atom stereocenters. The number of nitrogens with two attached hydrogens (primary N) is 1. The highest BCUT2D eigenvalue weighted by Crippen LogP contribution is 2.27. The lowest BCUT2D eigenvalue weighted by Crippen LogP contribution is -2.34. The molecule has 1 aliphatic rings. The minimum Gasteiger partial charge on any atom is -0.393 e. The quantitative estimate of drug-likeness (QED) is 0.494. The maximum atomic E-state index is 12.6. The summed E-state index contributed by atoms with van der Waals surface area (Å²) < 4.78 is 26.5. The molecule has 0 aromatic heterocycles. The van der Waals surface area contributed by atoms with E-state index in [1.807, 2.05) is 7.05 Å². The number of anilines is 1. The van der Waals surface area contributed by atoms with Gasteiger partial charge in [0.25, 0.3) is 5.69 Å². The summed E-state index contributed by atoms with van der Waals surface area (Å²) >= 11 is 0. The van der Waals surface area contributed by atoms with E-state index in [-0.39, 0.29) is 16.3 Å². The fourth-order valence-corrected chi connectivity index (χ4v) is 3.74. The Hall–Kier alpha value is -1.71. The minimum absolute atomic E-state index is 0.0467. The molecule has 9 heteroatoms. The second-order valence-electron chi connectivity index (χ2n) is 5.04. The van der Waals surface area contributed by atoms with Crippen LogP contribution < -0.4 is 5.73 Å². The Morgan fingerprint density at radius 2 is 1.95 bits per heavy atom. The third-order valence-corrected chi connectivity index (χ3v) is 5.41. The summed E-state index contributed by atoms with van der Waals surface area (Å²) in [4.78, 5) is 12.2. The van der Waals surface area contributed by atoms with E-state index in [1.54, 1.807) is 0 Å². The third kappa shape index (κ3) is 3.31. The summed E-state index contributed by atoms with van der Waals surface area (Å²) in [6.45, 7) is 2.24. The van der Waals surface area contributed by atoms with Gasteiger partial charge < -0.3 is 10.6 Å². The van der Waals surface area contributed by atoms with Crippen LogP contribution >= 0.6 is 0 Å². The van der Waals surface area contributed by atoms with Gasteiger partial charge in [-0.1, -0.05) is 0 Å². The Labute approximate surface area is 123 Å². The zero-order chi connectivity index (χ0) is 15.6. The number of hydrogen-bond donors (Lipinski definition) is 1. The molecule has 1 saturated heterocycles. The average molecular weight is 314 g/mol. The molecule has 1 heterocycles. The summed E-state index contributed by atoms with van der Waals surface area (Å²) in [7, 11) is -1.80. The van der Waals surface area contributed by atoms with Crippen molar-refractivity contribution >= 4 is 21.4 Å². The van der Waals surface area contributed by atoms with Crippen molar-refractivity contribution < 1.29 is 13.3 Å². The molecule has 1 aliphatic heterocycles. The zero-order valence-corrected chi connectivity index (χ0v) is 12.5. The molecule has 0 spiro atoms. The Bertz CT molecular complexity index is 647. The first kappa shape index (κ1) is 15.7. The van der Waals surface area contributed by atoms with Crippen molar-refractivity contribution in [2.45, 2.75) is 11.3 Å². The fourth-order valence-electron chi connectivity index (χ4n) is 2.25. The maximum absolute atomic E-state index is 12.6. The zero-order valence-electron chi connectivity index (χ0n) is 11.7. The van der Waals surface area contributed by atoms with Crippen molar-refractivity contribution in [1.82, 2.24) is 9.21 Å². The van der Waals surface area contributed by atoms with Crippen LogP contribution in [0.1, 0.15) is 6.42 Å². The maximum Gasteiger partial charge on any atom is 0.293 e.